The van der Waals surface area contributed by atoms with Crippen LogP contribution in [0.2, 0.25) is 0 Å². The maximum atomic E-state index is 9.34. The summed E-state index contributed by atoms with van der Waals surface area (Å²) in [5.41, 5.74) is 6.86. The second-order valence-electron chi connectivity index (χ2n) is 3.50. The number of thiophene rings is 1. The maximum absolute atomic E-state index is 9.34. The number of hydrogen-bond acceptors (Lipinski definition) is 4. The van der Waals surface area contributed by atoms with Crippen molar-refractivity contribution in [1.29, 1.82) is 5.26 Å². The summed E-state index contributed by atoms with van der Waals surface area (Å²) in [6.07, 6.45) is 1.44. The average molecular weight is 320 g/mol. The van der Waals surface area contributed by atoms with Crippen LogP contribution in [-0.4, -0.2) is 12.8 Å². The molecule has 3 nitrogen and oxygen atoms in total. The Bertz CT molecular complexity index is 692. The van der Waals surface area contributed by atoms with Crippen molar-refractivity contribution in [3.05, 3.63) is 45.4 Å². The van der Waals surface area contributed by atoms with Gasteiger partial charge in [-0.05, 0) is 22.0 Å². The van der Waals surface area contributed by atoms with Crippen LogP contribution in [0.25, 0.3) is 10.1 Å². The number of allylic oxidation sites excluding steroid dienone is 1. The first-order valence-electron chi connectivity index (χ1n) is 5.19. The Balaban J connectivity index is 2.76. The van der Waals surface area contributed by atoms with Crippen LogP contribution in [0.5, 0.6) is 0 Å². The predicted octanol–water partition coefficient (Wildman–Crippen LogP) is 3.39. The summed E-state index contributed by atoms with van der Waals surface area (Å²) in [6.45, 7) is 0. The molecule has 2 N–H and O–H groups in total. The molecule has 1 aromatic heterocycles. The van der Waals surface area contributed by atoms with E-state index < -0.39 is 0 Å². The Morgan fingerprint density at radius 3 is 2.83 bits per heavy atom. The predicted molar refractivity (Wildman–Crippen MR) is 80.2 cm³/mol. The number of rotatable bonds is 2. The smallest absolute Gasteiger partial charge is 0.101 e. The van der Waals surface area contributed by atoms with Crippen LogP contribution < -0.4 is 5.73 Å². The third kappa shape index (κ3) is 2.05. The minimum atomic E-state index is 0.648. The molecule has 5 heteroatoms. The molecule has 0 aliphatic heterocycles. The van der Waals surface area contributed by atoms with Crippen molar-refractivity contribution >= 4 is 43.1 Å². The summed E-state index contributed by atoms with van der Waals surface area (Å²) in [5.74, 6) is 0. The zero-order valence-electron chi connectivity index (χ0n) is 9.64. The molecule has 18 heavy (non-hydrogen) atoms. The number of halogens is 1. The van der Waals surface area contributed by atoms with Crippen molar-refractivity contribution < 1.29 is 0 Å². The van der Waals surface area contributed by atoms with Gasteiger partial charge in [0, 0.05) is 23.3 Å². The van der Waals surface area contributed by atoms with E-state index in [1.165, 1.54) is 6.20 Å². The summed E-state index contributed by atoms with van der Waals surface area (Å²) in [4.78, 5) is 5.06. The van der Waals surface area contributed by atoms with Crippen LogP contribution in [-0.2, 0) is 0 Å². The molecule has 0 amide bonds. The summed E-state index contributed by atoms with van der Waals surface area (Å²) in [7, 11) is 1.69. The highest BCUT2D eigenvalue weighted by Crippen LogP contribution is 2.33. The van der Waals surface area contributed by atoms with Gasteiger partial charge in [0.15, 0.2) is 0 Å². The van der Waals surface area contributed by atoms with Gasteiger partial charge in [-0.15, -0.1) is 11.3 Å². The highest BCUT2D eigenvalue weighted by Gasteiger charge is 2.17. The molecule has 1 heterocycles. The third-order valence-corrected chi connectivity index (χ3v) is 4.34. The maximum Gasteiger partial charge on any atom is 0.101 e. The summed E-state index contributed by atoms with van der Waals surface area (Å²) < 4.78 is 1.76. The Hall–Kier alpha value is -1.64. The zero-order valence-corrected chi connectivity index (χ0v) is 12.0. The molecule has 0 radical (unpaired) electrons. The number of aliphatic imine (C=N–C) groups is 1. The van der Waals surface area contributed by atoms with E-state index in [1.54, 1.807) is 18.4 Å². The van der Waals surface area contributed by atoms with E-state index in [0.29, 0.717) is 15.8 Å². The standard InChI is InChI=1S/C13H10BrN3S/c1-17-12(10(14)7-16)13-9(6-15)8-4-2-3-5-11(8)18-13/h2-5,7H,16H2,1H3/b10-7+,17-12?. The van der Waals surface area contributed by atoms with Gasteiger partial charge in [-0.1, -0.05) is 18.2 Å². The van der Waals surface area contributed by atoms with Crippen LogP contribution in [0.4, 0.5) is 0 Å². The first kappa shape index (κ1) is 12.8. The van der Waals surface area contributed by atoms with Gasteiger partial charge in [0.2, 0.25) is 0 Å². The lowest BCUT2D eigenvalue weighted by molar-refractivity contribution is 1.43. The first-order valence-corrected chi connectivity index (χ1v) is 6.80. The molecule has 0 spiro atoms. The molecular weight excluding hydrogens is 310 g/mol. The largest absolute Gasteiger partial charge is 0.404 e. The van der Waals surface area contributed by atoms with Crippen molar-refractivity contribution in [1.82, 2.24) is 0 Å². The van der Waals surface area contributed by atoms with Crippen LogP contribution in [0.3, 0.4) is 0 Å². The number of nitrogens with two attached hydrogens (primary N) is 1. The van der Waals surface area contributed by atoms with E-state index in [0.717, 1.165) is 15.0 Å². The monoisotopic (exact) mass is 319 g/mol. The van der Waals surface area contributed by atoms with E-state index in [4.69, 9.17) is 5.73 Å². The quantitative estimate of drug-likeness (QED) is 0.862. The third-order valence-electron chi connectivity index (χ3n) is 2.52. The second kappa shape index (κ2) is 5.34. The number of nitriles is 1. The summed E-state index contributed by atoms with van der Waals surface area (Å²) >= 11 is 4.91. The second-order valence-corrected chi connectivity index (χ2v) is 5.41. The lowest BCUT2D eigenvalue weighted by atomic mass is 10.1. The lowest BCUT2D eigenvalue weighted by Crippen LogP contribution is -2.02. The molecule has 0 aliphatic rings. The fourth-order valence-corrected chi connectivity index (χ4v) is 3.43. The Morgan fingerprint density at radius 2 is 2.22 bits per heavy atom. The minimum absolute atomic E-state index is 0.648. The number of hydrogen-bond donors (Lipinski definition) is 1. The minimum Gasteiger partial charge on any atom is -0.404 e. The van der Waals surface area contributed by atoms with Crippen LogP contribution in [0.15, 0.2) is 39.9 Å². The van der Waals surface area contributed by atoms with Crippen molar-refractivity contribution in [2.75, 3.05) is 7.05 Å². The van der Waals surface area contributed by atoms with E-state index in [-0.39, 0.29) is 0 Å². The molecular formula is C13H10BrN3S. The fourth-order valence-electron chi connectivity index (χ4n) is 1.72. The summed E-state index contributed by atoms with van der Waals surface area (Å²) in [5, 5.41) is 10.3. The van der Waals surface area contributed by atoms with Gasteiger partial charge in [-0.25, -0.2) is 0 Å². The van der Waals surface area contributed by atoms with Crippen molar-refractivity contribution in [2.45, 2.75) is 0 Å². The molecule has 2 aromatic rings. The zero-order chi connectivity index (χ0) is 13.1. The highest BCUT2D eigenvalue weighted by molar-refractivity contribution is 9.12. The van der Waals surface area contributed by atoms with Crippen LogP contribution >= 0.6 is 27.3 Å². The van der Waals surface area contributed by atoms with Gasteiger partial charge in [-0.2, -0.15) is 5.26 Å². The number of nitrogens with zero attached hydrogens (tertiary/aromatic N) is 2. The van der Waals surface area contributed by atoms with E-state index in [1.807, 2.05) is 24.3 Å². The van der Waals surface area contributed by atoms with Crippen molar-refractivity contribution in [2.24, 2.45) is 10.7 Å². The molecule has 2 rings (SSSR count). The average Bonchev–Trinajstić information content (AvgIpc) is 2.77. The van der Waals surface area contributed by atoms with E-state index in [9.17, 15) is 5.26 Å². The van der Waals surface area contributed by atoms with Gasteiger partial charge >= 0.3 is 0 Å². The molecule has 0 fully saturated rings. The molecule has 0 bridgehead atoms. The fraction of sp³-hybridized carbons (Fsp3) is 0.0769. The molecule has 0 saturated carbocycles. The highest BCUT2D eigenvalue weighted by atomic mass is 79.9. The van der Waals surface area contributed by atoms with Gasteiger partial charge in [0.05, 0.1) is 20.6 Å². The van der Waals surface area contributed by atoms with Gasteiger partial charge in [0.1, 0.15) is 6.07 Å². The molecule has 0 aliphatic carbocycles. The molecule has 1 aromatic carbocycles. The van der Waals surface area contributed by atoms with Crippen molar-refractivity contribution in [3.8, 4) is 6.07 Å². The molecule has 0 unspecified atom stereocenters. The molecule has 0 saturated heterocycles. The molecule has 90 valence electrons. The lowest BCUT2D eigenvalue weighted by Gasteiger charge is -2.01. The molecule has 0 atom stereocenters. The van der Waals surface area contributed by atoms with Gasteiger partial charge in [0.25, 0.3) is 0 Å². The van der Waals surface area contributed by atoms with E-state index >= 15 is 0 Å². The van der Waals surface area contributed by atoms with Crippen LogP contribution in [0, 0.1) is 11.3 Å². The normalized spacial score (nSPS) is 12.7. The van der Waals surface area contributed by atoms with Gasteiger partial charge < -0.3 is 5.73 Å². The Morgan fingerprint density at radius 1 is 1.50 bits per heavy atom. The SMILES string of the molecule is CN=C(/C(Br)=C\N)c1sc2ccccc2c1C#N. The number of fused-ring (bicyclic) bond motifs is 1. The van der Waals surface area contributed by atoms with E-state index in [2.05, 4.69) is 27.0 Å². The number of benzene rings is 1. The van der Waals surface area contributed by atoms with Gasteiger partial charge in [-0.3, -0.25) is 4.99 Å². The topological polar surface area (TPSA) is 62.2 Å². The first-order chi connectivity index (χ1) is 8.72. The Kier molecular flexibility index (Phi) is 3.80. The Labute approximate surface area is 117 Å². The van der Waals surface area contributed by atoms with Crippen molar-refractivity contribution in [3.63, 3.8) is 0 Å². The summed E-state index contributed by atoms with van der Waals surface area (Å²) in [6, 6.07) is 10.1. The van der Waals surface area contributed by atoms with Crippen LogP contribution in [0.1, 0.15) is 10.4 Å².